The first-order chi connectivity index (χ1) is 6.27. The molecule has 3 heteroatoms. The topological polar surface area (TPSA) is 26.0 Å². The zero-order chi connectivity index (χ0) is 9.68. The molecule has 1 heterocycles. The number of alkyl halides is 1. The monoisotopic (exact) mass is 289 g/mol. The van der Waals surface area contributed by atoms with Gasteiger partial charge < -0.3 is 4.42 Å². The predicted octanol–water partition coefficient (Wildman–Crippen LogP) is 3.58. The van der Waals surface area contributed by atoms with Crippen molar-refractivity contribution in [2.75, 3.05) is 4.43 Å². The van der Waals surface area contributed by atoms with Crippen molar-refractivity contribution in [1.82, 2.24) is 4.98 Å². The van der Waals surface area contributed by atoms with Crippen LogP contribution in [0.15, 0.2) is 28.7 Å². The number of nitrogens with zero attached hydrogens (tertiary/aromatic N) is 1. The van der Waals surface area contributed by atoms with Crippen molar-refractivity contribution < 1.29 is 4.42 Å². The van der Waals surface area contributed by atoms with Gasteiger partial charge in [-0.3, -0.25) is 0 Å². The molecule has 0 bridgehead atoms. The van der Waals surface area contributed by atoms with Gasteiger partial charge in [-0.25, -0.2) is 4.98 Å². The molecular formula is C10H12INO. The van der Waals surface area contributed by atoms with Gasteiger partial charge in [0.2, 0.25) is 0 Å². The molecule has 0 atom stereocenters. The lowest BCUT2D eigenvalue weighted by atomic mass is 10.3. The van der Waals surface area contributed by atoms with Crippen LogP contribution < -0.4 is 0 Å². The van der Waals surface area contributed by atoms with E-state index in [1.807, 2.05) is 31.2 Å². The molecule has 2 rings (SSSR count). The molecule has 1 aromatic carbocycles. The first-order valence-corrected chi connectivity index (χ1v) is 5.68. The van der Waals surface area contributed by atoms with Gasteiger partial charge in [-0.2, -0.15) is 0 Å². The van der Waals surface area contributed by atoms with Crippen molar-refractivity contribution in [3.63, 3.8) is 0 Å². The molecule has 2 nitrogen and oxygen atoms in total. The molecule has 0 aliphatic carbocycles. The van der Waals surface area contributed by atoms with Crippen LogP contribution in [0.5, 0.6) is 0 Å². The summed E-state index contributed by atoms with van der Waals surface area (Å²) in [6, 6.07) is 7.73. The third-order valence-corrected chi connectivity index (χ3v) is 1.40. The van der Waals surface area contributed by atoms with Crippen molar-refractivity contribution in [3.8, 4) is 0 Å². The fraction of sp³-hybridized carbons (Fsp3) is 0.300. The fourth-order valence-electron chi connectivity index (χ4n) is 0.987. The lowest BCUT2D eigenvalue weighted by Gasteiger charge is -1.79. The number of halogens is 1. The quantitative estimate of drug-likeness (QED) is 0.547. The molecule has 2 aromatic rings. The van der Waals surface area contributed by atoms with Crippen molar-refractivity contribution in [2.24, 2.45) is 0 Å². The molecular weight excluding hydrogens is 277 g/mol. The SMILES string of the molecule is CCI.Cc1nc2ccccc2o1. The summed E-state index contributed by atoms with van der Waals surface area (Å²) in [5.74, 6) is 0.723. The zero-order valence-electron chi connectivity index (χ0n) is 7.75. The second kappa shape index (κ2) is 5.21. The third-order valence-electron chi connectivity index (χ3n) is 1.40. The normalized spacial score (nSPS) is 9.46. The Balaban J connectivity index is 0.000000251. The number of fused-ring (bicyclic) bond motifs is 1. The van der Waals surface area contributed by atoms with Gasteiger partial charge in [0.05, 0.1) is 0 Å². The van der Waals surface area contributed by atoms with E-state index in [1.54, 1.807) is 0 Å². The number of aromatic nitrogens is 1. The highest BCUT2D eigenvalue weighted by Gasteiger charge is 1.97. The van der Waals surface area contributed by atoms with Gasteiger partial charge in [0.15, 0.2) is 11.5 Å². The minimum atomic E-state index is 0.723. The lowest BCUT2D eigenvalue weighted by molar-refractivity contribution is 0.561. The summed E-state index contributed by atoms with van der Waals surface area (Å²) >= 11 is 2.29. The van der Waals surface area contributed by atoms with E-state index in [4.69, 9.17) is 4.42 Å². The standard InChI is InChI=1S/C8H7NO.C2H5I/c1-6-9-7-4-2-3-5-8(7)10-6;1-2-3/h2-5H,1H3;2H2,1H3. The Labute approximate surface area is 91.5 Å². The second-order valence-electron chi connectivity index (χ2n) is 2.47. The van der Waals surface area contributed by atoms with E-state index in [0.29, 0.717) is 0 Å². The van der Waals surface area contributed by atoms with Crippen LogP contribution in [-0.4, -0.2) is 9.41 Å². The molecule has 13 heavy (non-hydrogen) atoms. The van der Waals surface area contributed by atoms with Gasteiger partial charge in [-0.05, 0) is 16.6 Å². The summed E-state index contributed by atoms with van der Waals surface area (Å²) in [5.41, 5.74) is 1.79. The van der Waals surface area contributed by atoms with E-state index in [1.165, 1.54) is 4.43 Å². The molecule has 0 spiro atoms. The Hall–Kier alpha value is -0.580. The summed E-state index contributed by atoms with van der Waals surface area (Å²) in [5, 5.41) is 0. The number of para-hydroxylation sites is 2. The van der Waals surface area contributed by atoms with Crippen LogP contribution in [0, 0.1) is 6.92 Å². The van der Waals surface area contributed by atoms with E-state index in [9.17, 15) is 0 Å². The van der Waals surface area contributed by atoms with Crippen molar-refractivity contribution in [2.45, 2.75) is 13.8 Å². The molecule has 0 unspecified atom stereocenters. The molecule has 0 fully saturated rings. The van der Waals surface area contributed by atoms with Crippen LogP contribution >= 0.6 is 22.6 Å². The summed E-state index contributed by atoms with van der Waals surface area (Å²) < 4.78 is 6.48. The molecule has 0 aliphatic rings. The maximum Gasteiger partial charge on any atom is 0.192 e. The molecule has 0 radical (unpaired) electrons. The highest BCUT2D eigenvalue weighted by Crippen LogP contribution is 2.12. The maximum atomic E-state index is 5.26. The first-order valence-electron chi connectivity index (χ1n) is 4.16. The van der Waals surface area contributed by atoms with E-state index < -0.39 is 0 Å². The zero-order valence-corrected chi connectivity index (χ0v) is 9.91. The van der Waals surface area contributed by atoms with Gasteiger partial charge in [-0.15, -0.1) is 0 Å². The number of oxazole rings is 1. The molecule has 0 N–H and O–H groups in total. The van der Waals surface area contributed by atoms with Gasteiger partial charge in [0, 0.05) is 6.92 Å². The Kier molecular flexibility index (Phi) is 4.21. The van der Waals surface area contributed by atoms with Crippen LogP contribution in [-0.2, 0) is 0 Å². The molecule has 70 valence electrons. The molecule has 1 aromatic heterocycles. The van der Waals surface area contributed by atoms with E-state index in [0.717, 1.165) is 17.0 Å². The molecule has 0 aliphatic heterocycles. The number of rotatable bonds is 0. The summed E-state index contributed by atoms with van der Waals surface area (Å²) in [7, 11) is 0. The molecule has 0 saturated carbocycles. The Morgan fingerprint density at radius 3 is 2.62 bits per heavy atom. The summed E-state index contributed by atoms with van der Waals surface area (Å²) in [4.78, 5) is 4.15. The number of aryl methyl sites for hydroxylation is 1. The van der Waals surface area contributed by atoms with Gasteiger partial charge in [-0.1, -0.05) is 41.6 Å². The number of hydrogen-bond acceptors (Lipinski definition) is 2. The average Bonchev–Trinajstić information content (AvgIpc) is 2.45. The highest BCUT2D eigenvalue weighted by molar-refractivity contribution is 14.1. The predicted molar refractivity (Wildman–Crippen MR) is 63.3 cm³/mol. The van der Waals surface area contributed by atoms with Crippen molar-refractivity contribution in [3.05, 3.63) is 30.2 Å². The fourth-order valence-corrected chi connectivity index (χ4v) is 0.987. The first kappa shape index (κ1) is 10.5. The Morgan fingerprint density at radius 1 is 1.38 bits per heavy atom. The van der Waals surface area contributed by atoms with Crippen molar-refractivity contribution in [1.29, 1.82) is 0 Å². The molecule has 0 amide bonds. The Bertz CT molecular complexity index is 337. The third kappa shape index (κ3) is 2.99. The second-order valence-corrected chi connectivity index (χ2v) is 3.99. The average molecular weight is 289 g/mol. The smallest absolute Gasteiger partial charge is 0.192 e. The lowest BCUT2D eigenvalue weighted by Crippen LogP contribution is -1.65. The van der Waals surface area contributed by atoms with E-state index >= 15 is 0 Å². The van der Waals surface area contributed by atoms with Crippen LogP contribution in [0.4, 0.5) is 0 Å². The summed E-state index contributed by atoms with van der Waals surface area (Å²) in [6.45, 7) is 3.96. The number of benzene rings is 1. The summed E-state index contributed by atoms with van der Waals surface area (Å²) in [6.07, 6.45) is 0. The van der Waals surface area contributed by atoms with Crippen molar-refractivity contribution >= 4 is 33.7 Å². The Morgan fingerprint density at radius 2 is 2.00 bits per heavy atom. The maximum absolute atomic E-state index is 5.26. The van der Waals surface area contributed by atoms with Crippen LogP contribution in [0.3, 0.4) is 0 Å². The highest BCUT2D eigenvalue weighted by atomic mass is 127. The van der Waals surface area contributed by atoms with E-state index in [2.05, 4.69) is 34.5 Å². The van der Waals surface area contributed by atoms with Crippen LogP contribution in [0.25, 0.3) is 11.1 Å². The number of hydrogen-bond donors (Lipinski definition) is 0. The van der Waals surface area contributed by atoms with Gasteiger partial charge in [0.25, 0.3) is 0 Å². The van der Waals surface area contributed by atoms with Crippen LogP contribution in [0.1, 0.15) is 12.8 Å². The van der Waals surface area contributed by atoms with E-state index in [-0.39, 0.29) is 0 Å². The molecule has 0 saturated heterocycles. The van der Waals surface area contributed by atoms with Crippen LogP contribution in [0.2, 0.25) is 0 Å². The minimum absolute atomic E-state index is 0.723. The van der Waals surface area contributed by atoms with Gasteiger partial charge >= 0.3 is 0 Å². The largest absolute Gasteiger partial charge is 0.441 e. The van der Waals surface area contributed by atoms with Gasteiger partial charge in [0.1, 0.15) is 5.52 Å². The minimum Gasteiger partial charge on any atom is -0.441 e.